The molecule has 134 valence electrons. The van der Waals surface area contributed by atoms with Crippen molar-refractivity contribution in [3.8, 4) is 17.5 Å². The van der Waals surface area contributed by atoms with Crippen LogP contribution in [0.3, 0.4) is 0 Å². The molecule has 0 amide bonds. The van der Waals surface area contributed by atoms with Crippen molar-refractivity contribution in [3.05, 3.63) is 42.0 Å². The van der Waals surface area contributed by atoms with Crippen LogP contribution in [0, 0.1) is 5.82 Å². The van der Waals surface area contributed by atoms with Crippen LogP contribution < -0.4 is 14.2 Å². The van der Waals surface area contributed by atoms with E-state index in [1.54, 1.807) is 14.2 Å². The van der Waals surface area contributed by atoms with Gasteiger partial charge in [-0.15, -0.1) is 0 Å². The normalized spacial score (nSPS) is 15.8. The molecule has 1 aliphatic heterocycles. The Hall–Kier alpha value is -2.41. The van der Waals surface area contributed by atoms with Crippen LogP contribution in [0.4, 0.5) is 4.39 Å². The summed E-state index contributed by atoms with van der Waals surface area (Å²) < 4.78 is 29.3. The lowest BCUT2D eigenvalue weighted by Crippen LogP contribution is -2.38. The molecule has 7 heteroatoms. The number of ether oxygens (including phenoxy) is 3. The topological polar surface area (TPSA) is 56.7 Å². The lowest BCUT2D eigenvalue weighted by Gasteiger charge is -2.31. The summed E-state index contributed by atoms with van der Waals surface area (Å²) in [6.07, 6.45) is 4.02. The molecule has 1 aliphatic rings. The fourth-order valence-electron chi connectivity index (χ4n) is 2.94. The Balaban J connectivity index is 1.55. The molecule has 2 aromatic rings. The molecule has 0 N–H and O–H groups in total. The van der Waals surface area contributed by atoms with Gasteiger partial charge < -0.3 is 14.2 Å². The zero-order valence-electron chi connectivity index (χ0n) is 14.4. The van der Waals surface area contributed by atoms with Crippen molar-refractivity contribution in [2.75, 3.05) is 27.3 Å². The Morgan fingerprint density at radius 3 is 2.48 bits per heavy atom. The summed E-state index contributed by atoms with van der Waals surface area (Å²) in [6, 6.07) is 6.06. The van der Waals surface area contributed by atoms with E-state index >= 15 is 0 Å². The fraction of sp³-hybridized carbons (Fsp3) is 0.444. The minimum Gasteiger partial charge on any atom is -0.497 e. The molecule has 1 saturated heterocycles. The molecule has 0 spiro atoms. The number of aromatic nitrogens is 2. The van der Waals surface area contributed by atoms with Gasteiger partial charge in [0.25, 0.3) is 0 Å². The number of hydrogen-bond donors (Lipinski definition) is 0. The first-order valence-corrected chi connectivity index (χ1v) is 8.25. The SMILES string of the molecule is COc1ccc(OC)c(CN2CCC(Oc3ncc(F)cn3)CC2)c1. The van der Waals surface area contributed by atoms with E-state index in [0.717, 1.165) is 61.9 Å². The second-order valence-corrected chi connectivity index (χ2v) is 5.95. The predicted octanol–water partition coefficient (Wildman–Crippen LogP) is 2.68. The molecule has 25 heavy (non-hydrogen) atoms. The van der Waals surface area contributed by atoms with Crippen molar-refractivity contribution in [3.63, 3.8) is 0 Å². The molecular formula is C18H22FN3O3. The summed E-state index contributed by atoms with van der Waals surface area (Å²) in [4.78, 5) is 10.0. The summed E-state index contributed by atoms with van der Waals surface area (Å²) in [6.45, 7) is 2.58. The Bertz CT molecular complexity index is 688. The highest BCUT2D eigenvalue weighted by molar-refractivity contribution is 5.40. The van der Waals surface area contributed by atoms with Crippen LogP contribution in [0.25, 0.3) is 0 Å². The van der Waals surface area contributed by atoms with Crippen LogP contribution in [0.2, 0.25) is 0 Å². The number of nitrogens with zero attached hydrogens (tertiary/aromatic N) is 3. The van der Waals surface area contributed by atoms with Gasteiger partial charge in [-0.1, -0.05) is 0 Å². The number of hydrogen-bond acceptors (Lipinski definition) is 6. The number of benzene rings is 1. The summed E-state index contributed by atoms with van der Waals surface area (Å²) in [7, 11) is 3.33. The van der Waals surface area contributed by atoms with E-state index in [-0.39, 0.29) is 12.1 Å². The molecule has 0 saturated carbocycles. The average molecular weight is 347 g/mol. The third-order valence-electron chi connectivity index (χ3n) is 4.28. The zero-order valence-corrected chi connectivity index (χ0v) is 14.4. The van der Waals surface area contributed by atoms with E-state index in [1.165, 1.54) is 0 Å². The Morgan fingerprint density at radius 2 is 1.84 bits per heavy atom. The highest BCUT2D eigenvalue weighted by atomic mass is 19.1. The maximum Gasteiger partial charge on any atom is 0.316 e. The van der Waals surface area contributed by atoms with E-state index in [9.17, 15) is 4.39 Å². The molecule has 1 aromatic heterocycles. The molecule has 0 atom stereocenters. The lowest BCUT2D eigenvalue weighted by molar-refractivity contribution is 0.0886. The highest BCUT2D eigenvalue weighted by Crippen LogP contribution is 2.26. The van der Waals surface area contributed by atoms with Gasteiger partial charge >= 0.3 is 6.01 Å². The zero-order chi connectivity index (χ0) is 17.6. The van der Waals surface area contributed by atoms with Gasteiger partial charge in [0.2, 0.25) is 0 Å². The van der Waals surface area contributed by atoms with Gasteiger partial charge in [0.1, 0.15) is 17.6 Å². The third kappa shape index (κ3) is 4.57. The summed E-state index contributed by atoms with van der Waals surface area (Å²) in [5, 5.41) is 0. The van der Waals surface area contributed by atoms with Crippen LogP contribution in [-0.2, 0) is 6.54 Å². The lowest BCUT2D eigenvalue weighted by atomic mass is 10.1. The van der Waals surface area contributed by atoms with Gasteiger partial charge in [-0.3, -0.25) is 4.90 Å². The van der Waals surface area contributed by atoms with E-state index in [4.69, 9.17) is 14.2 Å². The van der Waals surface area contributed by atoms with E-state index in [0.29, 0.717) is 0 Å². The monoisotopic (exact) mass is 347 g/mol. The average Bonchev–Trinajstić information content (AvgIpc) is 2.65. The molecular weight excluding hydrogens is 325 g/mol. The molecule has 0 radical (unpaired) electrons. The Labute approximate surface area is 146 Å². The molecule has 1 aromatic carbocycles. The van der Waals surface area contributed by atoms with Crippen LogP contribution >= 0.6 is 0 Å². The van der Waals surface area contributed by atoms with Gasteiger partial charge in [0.15, 0.2) is 5.82 Å². The summed E-state index contributed by atoms with van der Waals surface area (Å²) in [5.74, 6) is 1.22. The molecule has 2 heterocycles. The van der Waals surface area contributed by atoms with Crippen LogP contribution in [-0.4, -0.2) is 48.3 Å². The van der Waals surface area contributed by atoms with Crippen molar-refractivity contribution in [2.24, 2.45) is 0 Å². The van der Waals surface area contributed by atoms with E-state index in [2.05, 4.69) is 14.9 Å². The first-order chi connectivity index (χ1) is 12.2. The molecule has 6 nitrogen and oxygen atoms in total. The Kier molecular flexibility index (Phi) is 5.65. The van der Waals surface area contributed by atoms with Gasteiger partial charge in [-0.2, -0.15) is 0 Å². The second-order valence-electron chi connectivity index (χ2n) is 5.95. The van der Waals surface area contributed by atoms with Gasteiger partial charge in [0, 0.05) is 25.2 Å². The number of halogens is 1. The van der Waals surface area contributed by atoms with E-state index < -0.39 is 5.82 Å². The number of rotatable bonds is 6. The van der Waals surface area contributed by atoms with Crippen LogP contribution in [0.5, 0.6) is 17.5 Å². The highest BCUT2D eigenvalue weighted by Gasteiger charge is 2.22. The van der Waals surface area contributed by atoms with Gasteiger partial charge in [0.05, 0.1) is 26.6 Å². The molecule has 3 rings (SSSR count). The Morgan fingerprint density at radius 1 is 1.12 bits per heavy atom. The molecule has 0 aliphatic carbocycles. The third-order valence-corrected chi connectivity index (χ3v) is 4.28. The fourth-order valence-corrected chi connectivity index (χ4v) is 2.94. The molecule has 0 bridgehead atoms. The van der Waals surface area contributed by atoms with Gasteiger partial charge in [-0.25, -0.2) is 14.4 Å². The van der Waals surface area contributed by atoms with Crippen molar-refractivity contribution >= 4 is 0 Å². The van der Waals surface area contributed by atoms with Crippen molar-refractivity contribution < 1.29 is 18.6 Å². The van der Waals surface area contributed by atoms with Crippen LogP contribution in [0.1, 0.15) is 18.4 Å². The number of methoxy groups -OCH3 is 2. The predicted molar refractivity (Wildman–Crippen MR) is 90.5 cm³/mol. The first-order valence-electron chi connectivity index (χ1n) is 8.25. The van der Waals surface area contributed by atoms with Crippen molar-refractivity contribution in [2.45, 2.75) is 25.5 Å². The summed E-state index contributed by atoms with van der Waals surface area (Å²) >= 11 is 0. The minimum atomic E-state index is -0.464. The smallest absolute Gasteiger partial charge is 0.316 e. The van der Waals surface area contributed by atoms with Gasteiger partial charge in [-0.05, 0) is 31.0 Å². The largest absolute Gasteiger partial charge is 0.497 e. The molecule has 0 unspecified atom stereocenters. The van der Waals surface area contributed by atoms with Crippen LogP contribution in [0.15, 0.2) is 30.6 Å². The second kappa shape index (κ2) is 8.11. The number of likely N-dealkylation sites (tertiary alicyclic amines) is 1. The van der Waals surface area contributed by atoms with E-state index in [1.807, 2.05) is 18.2 Å². The molecule has 1 fully saturated rings. The maximum absolute atomic E-state index is 12.8. The summed E-state index contributed by atoms with van der Waals surface area (Å²) in [5.41, 5.74) is 1.10. The quantitative estimate of drug-likeness (QED) is 0.801. The first kappa shape index (κ1) is 17.4. The van der Waals surface area contributed by atoms with Crippen molar-refractivity contribution in [1.82, 2.24) is 14.9 Å². The van der Waals surface area contributed by atoms with Crippen molar-refractivity contribution in [1.29, 1.82) is 0 Å². The maximum atomic E-state index is 12.8. The number of piperidine rings is 1. The standard InChI is InChI=1S/C18H22FN3O3/c1-23-16-3-4-17(24-2)13(9-16)12-22-7-5-15(6-8-22)25-18-20-10-14(19)11-21-18/h3-4,9-11,15H,5-8,12H2,1-2H3. The minimum absolute atomic E-state index is 0.0499.